The number of nitrogens with zero attached hydrogens (tertiary/aromatic N) is 1. The van der Waals surface area contributed by atoms with Gasteiger partial charge < -0.3 is 25.4 Å². The number of hydrogen-bond acceptors (Lipinski definition) is 7. The number of benzene rings is 3. The molecule has 4 aromatic rings. The molecule has 4 N–H and O–H groups in total. The molecule has 0 aliphatic carbocycles. The Morgan fingerprint density at radius 2 is 1.54 bits per heavy atom. The van der Waals surface area contributed by atoms with Crippen molar-refractivity contribution in [1.82, 2.24) is 4.98 Å². The minimum absolute atomic E-state index is 0.0393. The van der Waals surface area contributed by atoms with E-state index in [1.54, 1.807) is 18.3 Å². The molecule has 0 amide bonds. The lowest BCUT2D eigenvalue weighted by Gasteiger charge is -2.43. The van der Waals surface area contributed by atoms with Gasteiger partial charge in [0.2, 0.25) is 0 Å². The quantitative estimate of drug-likeness (QED) is 0.239. The highest BCUT2D eigenvalue weighted by atomic mass is 32.2. The van der Waals surface area contributed by atoms with E-state index in [1.807, 2.05) is 66.7 Å². The third-order valence-corrected chi connectivity index (χ3v) is 7.94. The molecular formula is C31H30N2O5S. The molecule has 200 valence electrons. The summed E-state index contributed by atoms with van der Waals surface area (Å²) < 4.78 is 13.3. The summed E-state index contributed by atoms with van der Waals surface area (Å²) >= 11 is 1.36. The van der Waals surface area contributed by atoms with Crippen molar-refractivity contribution in [2.24, 2.45) is 5.73 Å². The van der Waals surface area contributed by atoms with Crippen LogP contribution in [0.3, 0.4) is 0 Å². The zero-order valence-electron chi connectivity index (χ0n) is 21.2. The van der Waals surface area contributed by atoms with Crippen LogP contribution in [0.15, 0.2) is 102 Å². The van der Waals surface area contributed by atoms with E-state index in [1.165, 1.54) is 11.8 Å². The Kier molecular flexibility index (Phi) is 8.71. The number of aliphatic hydroxyl groups is 1. The zero-order chi connectivity index (χ0) is 27.2. The topological polar surface area (TPSA) is 115 Å². The number of nitrogens with two attached hydrogens (primary N) is 1. The second kappa shape index (κ2) is 12.5. The summed E-state index contributed by atoms with van der Waals surface area (Å²) in [6.07, 6.45) is 0.257. The Morgan fingerprint density at radius 1 is 0.846 bits per heavy atom. The van der Waals surface area contributed by atoms with E-state index in [-0.39, 0.29) is 30.3 Å². The largest absolute Gasteiger partial charge is 0.478 e. The van der Waals surface area contributed by atoms with Gasteiger partial charge in [0, 0.05) is 30.0 Å². The summed E-state index contributed by atoms with van der Waals surface area (Å²) in [4.78, 5) is 16.1. The fourth-order valence-electron chi connectivity index (χ4n) is 4.79. The Labute approximate surface area is 231 Å². The van der Waals surface area contributed by atoms with Gasteiger partial charge in [-0.2, -0.15) is 0 Å². The molecular weight excluding hydrogens is 512 g/mol. The van der Waals surface area contributed by atoms with Crippen molar-refractivity contribution in [3.8, 4) is 0 Å². The third-order valence-electron chi connectivity index (χ3n) is 6.84. The number of aromatic nitrogens is 1. The van der Waals surface area contributed by atoms with Crippen LogP contribution >= 0.6 is 11.8 Å². The van der Waals surface area contributed by atoms with E-state index in [4.69, 9.17) is 15.2 Å². The summed E-state index contributed by atoms with van der Waals surface area (Å²) in [6.45, 7) is 0.403. The second-order valence-corrected chi connectivity index (χ2v) is 10.3. The van der Waals surface area contributed by atoms with E-state index in [9.17, 15) is 15.0 Å². The summed E-state index contributed by atoms with van der Waals surface area (Å²) in [5.41, 5.74) is 10.7. The monoisotopic (exact) mass is 542 g/mol. The van der Waals surface area contributed by atoms with Gasteiger partial charge in [-0.15, -0.1) is 11.8 Å². The molecule has 0 saturated carbocycles. The highest BCUT2D eigenvalue weighted by molar-refractivity contribution is 7.99. The second-order valence-electron chi connectivity index (χ2n) is 9.32. The first-order chi connectivity index (χ1) is 19.1. The molecule has 7 nitrogen and oxygen atoms in total. The van der Waals surface area contributed by atoms with E-state index >= 15 is 0 Å². The van der Waals surface area contributed by atoms with Gasteiger partial charge in [-0.3, -0.25) is 0 Å². The third kappa shape index (κ3) is 6.21. The summed E-state index contributed by atoms with van der Waals surface area (Å²) in [7, 11) is 0. The van der Waals surface area contributed by atoms with Crippen LogP contribution in [0.2, 0.25) is 0 Å². The molecule has 0 spiro atoms. The van der Waals surface area contributed by atoms with Gasteiger partial charge in [0.05, 0.1) is 24.4 Å². The van der Waals surface area contributed by atoms with E-state index in [2.05, 4.69) is 17.1 Å². The molecule has 4 atom stereocenters. The average Bonchev–Trinajstić information content (AvgIpc) is 3.00. The number of hydrogen-bond donors (Lipinski definition) is 3. The van der Waals surface area contributed by atoms with Crippen molar-refractivity contribution in [2.75, 3.05) is 5.75 Å². The van der Waals surface area contributed by atoms with Crippen LogP contribution in [0.5, 0.6) is 0 Å². The Morgan fingerprint density at radius 3 is 2.21 bits per heavy atom. The first-order valence-electron chi connectivity index (χ1n) is 12.7. The SMILES string of the molecule is NCc1ccc(C2O[C@H](CSc3ncccc3C(=O)O)[C@@H](c3ccccc3)[C@H](c3ccc(CO)cc3)O2)cc1. The van der Waals surface area contributed by atoms with Gasteiger partial charge in [-0.05, 0) is 34.4 Å². The standard InChI is InChI=1S/C31H30N2O5S/c32-17-20-8-14-24(15-9-20)31-37-26(19-39-29-25(30(35)36)7-4-16-33-29)27(22-5-2-1-3-6-22)28(38-31)23-12-10-21(18-34)11-13-23/h1-16,26-28,31,34H,17-19,32H2,(H,35,36)/t26-,27-,28+,31?/m1/s1. The number of carbonyl (C=O) groups is 1. The summed E-state index contributed by atoms with van der Waals surface area (Å²) in [5.74, 6) is -0.740. The van der Waals surface area contributed by atoms with Gasteiger partial charge >= 0.3 is 5.97 Å². The van der Waals surface area contributed by atoms with Crippen LogP contribution in [0.25, 0.3) is 0 Å². The molecule has 1 aliphatic rings. The molecule has 8 heteroatoms. The lowest BCUT2D eigenvalue weighted by molar-refractivity contribution is -0.255. The van der Waals surface area contributed by atoms with Crippen molar-refractivity contribution >= 4 is 17.7 Å². The van der Waals surface area contributed by atoms with Crippen molar-refractivity contribution in [2.45, 2.75) is 42.6 Å². The molecule has 2 heterocycles. The zero-order valence-corrected chi connectivity index (χ0v) is 22.0. The maximum absolute atomic E-state index is 11.8. The van der Waals surface area contributed by atoms with Crippen LogP contribution in [-0.4, -0.2) is 33.0 Å². The molecule has 1 saturated heterocycles. The number of aliphatic hydroxyl groups excluding tert-OH is 1. The lowest BCUT2D eigenvalue weighted by atomic mass is 9.84. The fourth-order valence-corrected chi connectivity index (χ4v) is 5.85. The van der Waals surface area contributed by atoms with E-state index in [0.717, 1.165) is 27.8 Å². The molecule has 5 rings (SSSR count). The molecule has 0 radical (unpaired) electrons. The fraction of sp³-hybridized carbons (Fsp3) is 0.226. The summed E-state index contributed by atoms with van der Waals surface area (Å²) in [5, 5.41) is 19.7. The van der Waals surface area contributed by atoms with E-state index in [0.29, 0.717) is 17.3 Å². The van der Waals surface area contributed by atoms with Crippen molar-refractivity contribution in [3.63, 3.8) is 0 Å². The van der Waals surface area contributed by atoms with Crippen molar-refractivity contribution in [1.29, 1.82) is 0 Å². The smallest absolute Gasteiger partial charge is 0.338 e. The number of rotatable bonds is 9. The minimum atomic E-state index is -1.02. The highest BCUT2D eigenvalue weighted by Gasteiger charge is 2.42. The van der Waals surface area contributed by atoms with Crippen LogP contribution in [0, 0.1) is 0 Å². The van der Waals surface area contributed by atoms with Gasteiger partial charge in [0.25, 0.3) is 0 Å². The van der Waals surface area contributed by atoms with Gasteiger partial charge in [0.15, 0.2) is 6.29 Å². The predicted octanol–water partition coefficient (Wildman–Crippen LogP) is 5.46. The number of ether oxygens (including phenoxy) is 2. The van der Waals surface area contributed by atoms with Crippen LogP contribution in [0.4, 0.5) is 0 Å². The molecule has 1 unspecified atom stereocenters. The van der Waals surface area contributed by atoms with E-state index < -0.39 is 12.3 Å². The number of pyridine rings is 1. The molecule has 1 aromatic heterocycles. The molecule has 1 fully saturated rings. The van der Waals surface area contributed by atoms with Crippen LogP contribution in [0.1, 0.15) is 56.5 Å². The van der Waals surface area contributed by atoms with Crippen molar-refractivity contribution < 1.29 is 24.5 Å². The predicted molar refractivity (Wildman–Crippen MR) is 149 cm³/mol. The van der Waals surface area contributed by atoms with Crippen molar-refractivity contribution in [3.05, 3.63) is 131 Å². The number of thioether (sulfide) groups is 1. The molecule has 3 aromatic carbocycles. The average molecular weight is 543 g/mol. The van der Waals surface area contributed by atoms with Gasteiger partial charge in [-0.25, -0.2) is 9.78 Å². The molecule has 1 aliphatic heterocycles. The van der Waals surface area contributed by atoms with Crippen LogP contribution in [-0.2, 0) is 22.6 Å². The number of carboxylic acids is 1. The Bertz CT molecular complexity index is 1380. The lowest BCUT2D eigenvalue weighted by Crippen LogP contribution is -2.38. The van der Waals surface area contributed by atoms with Gasteiger partial charge in [-0.1, -0.05) is 78.9 Å². The number of aromatic carboxylic acids is 1. The Hall–Kier alpha value is -3.53. The Balaban J connectivity index is 1.54. The van der Waals surface area contributed by atoms with Crippen LogP contribution < -0.4 is 5.73 Å². The summed E-state index contributed by atoms with van der Waals surface area (Å²) in [6, 6.07) is 28.9. The molecule has 39 heavy (non-hydrogen) atoms. The van der Waals surface area contributed by atoms with Gasteiger partial charge in [0.1, 0.15) is 5.03 Å². The highest BCUT2D eigenvalue weighted by Crippen LogP contribution is 2.48. The minimum Gasteiger partial charge on any atom is -0.478 e. The maximum atomic E-state index is 11.8. The molecule has 0 bridgehead atoms. The number of carboxylic acid groups (broad SMARTS) is 1. The maximum Gasteiger partial charge on any atom is 0.338 e. The first-order valence-corrected chi connectivity index (χ1v) is 13.7. The first kappa shape index (κ1) is 27.1. The normalized spacial score (nSPS) is 21.0.